The number of unbranched alkanes of at least 4 members (excludes halogenated alkanes) is 1. The molecule has 5 N–H and O–H groups in total. The lowest BCUT2D eigenvalue weighted by Gasteiger charge is -2.12. The van der Waals surface area contributed by atoms with Crippen LogP contribution in [-0.2, 0) is 20.8 Å². The molecule has 10 nitrogen and oxygen atoms in total. The molecule has 0 fully saturated rings. The highest BCUT2D eigenvalue weighted by molar-refractivity contribution is 7.18. The molecule has 1 unspecified atom stereocenters. The van der Waals surface area contributed by atoms with E-state index in [-0.39, 0.29) is 5.91 Å². The van der Waals surface area contributed by atoms with E-state index in [9.17, 15) is 14.4 Å². The number of rotatable bonds is 16. The molecule has 2 heterocycles. The van der Waals surface area contributed by atoms with Crippen LogP contribution in [0.15, 0.2) is 103 Å². The van der Waals surface area contributed by atoms with Gasteiger partial charge in [0.1, 0.15) is 16.8 Å². The Morgan fingerprint density at radius 3 is 2.35 bits per heavy atom. The normalized spacial score (nSPS) is 11.7. The summed E-state index contributed by atoms with van der Waals surface area (Å²) < 4.78 is 5.52. The molecule has 2 amide bonds. The summed E-state index contributed by atoms with van der Waals surface area (Å²) in [5, 5.41) is 24.1. The van der Waals surface area contributed by atoms with E-state index < -0.39 is 31.1 Å². The van der Waals surface area contributed by atoms with Crippen LogP contribution >= 0.6 is 11.3 Å². The number of carboxylic acids is 1. The highest BCUT2D eigenvalue weighted by atomic mass is 32.1. The molecule has 0 bridgehead atoms. The number of carbonyl (C=O) groups excluding carboxylic acids is 2. The fraction of sp³-hybridized carbons (Fsp3) is 0.189. The number of aliphatic carboxylic acids is 1. The monoisotopic (exact) mass is 664 g/mol. The summed E-state index contributed by atoms with van der Waals surface area (Å²) in [6.07, 6.45) is 8.12. The largest absolute Gasteiger partial charge is 0.484 e. The minimum absolute atomic E-state index is 0.123. The standard InChI is InChI=1S/C37H36N4O6S/c42-23-31(37(45)46)40-33(44)24-47-29-18-16-27(17-19-29)34-35(48-36(41-34)30-10-6-22-38-30)28-14-11-26(12-15-28)13-20-32(43)39-21-5-4-9-25-7-2-1-3-8-25/h1-3,6-8,10-20,22,31,38,42H,4-5,9,21,23-24H2,(H,39,43)(H,40,44)(H,45,46). The molecule has 0 aliphatic rings. The van der Waals surface area contributed by atoms with Crippen molar-refractivity contribution in [3.8, 4) is 38.1 Å². The SMILES string of the molecule is O=C(C=Cc1ccc(-c2sc(-c3ccc[nH]3)nc2-c2ccc(OCC(=O)NC(CO)C(=O)O)cc2)cc1)NCCCCc1ccccc1. The molecule has 0 saturated carbocycles. The van der Waals surface area contributed by atoms with Gasteiger partial charge in [-0.15, -0.1) is 11.3 Å². The number of nitrogens with one attached hydrogen (secondary N) is 3. The van der Waals surface area contributed by atoms with E-state index >= 15 is 0 Å². The Kier molecular flexibility index (Phi) is 11.9. The lowest BCUT2D eigenvalue weighted by Crippen LogP contribution is -2.45. The molecule has 0 aliphatic carbocycles. The van der Waals surface area contributed by atoms with Gasteiger partial charge in [-0.05, 0) is 78.4 Å². The van der Waals surface area contributed by atoms with Gasteiger partial charge in [-0.1, -0.05) is 54.6 Å². The Labute approximate surface area is 282 Å². The summed E-state index contributed by atoms with van der Waals surface area (Å²) in [5.74, 6) is -1.70. The van der Waals surface area contributed by atoms with Crippen molar-refractivity contribution < 1.29 is 29.3 Å². The lowest BCUT2D eigenvalue weighted by atomic mass is 10.0. The van der Waals surface area contributed by atoms with Gasteiger partial charge in [0.2, 0.25) is 5.91 Å². The van der Waals surface area contributed by atoms with Crippen molar-refractivity contribution in [1.29, 1.82) is 0 Å². The first kappa shape index (κ1) is 33.8. The van der Waals surface area contributed by atoms with E-state index in [0.29, 0.717) is 12.3 Å². The molecule has 0 saturated heterocycles. The minimum Gasteiger partial charge on any atom is -0.484 e. The number of aromatic nitrogens is 2. The third-order valence-electron chi connectivity index (χ3n) is 7.40. The molecule has 1 atom stereocenters. The maximum atomic E-state index is 12.4. The molecule has 0 radical (unpaired) electrons. The van der Waals surface area contributed by atoms with Gasteiger partial charge >= 0.3 is 5.97 Å². The number of aliphatic hydroxyl groups excluding tert-OH is 1. The molecular formula is C37H36N4O6S. The van der Waals surface area contributed by atoms with Gasteiger partial charge in [-0.25, -0.2) is 9.78 Å². The number of hydrogen-bond acceptors (Lipinski definition) is 7. The topological polar surface area (TPSA) is 154 Å². The number of benzene rings is 3. The summed E-state index contributed by atoms with van der Waals surface area (Å²) in [6.45, 7) is -0.491. The second-order valence-electron chi connectivity index (χ2n) is 10.9. The fourth-order valence-electron chi connectivity index (χ4n) is 4.86. The smallest absolute Gasteiger partial charge is 0.328 e. The Morgan fingerprint density at radius 1 is 0.917 bits per heavy atom. The number of aryl methyl sites for hydroxylation is 1. The van der Waals surface area contributed by atoms with Crippen molar-refractivity contribution in [3.05, 3.63) is 114 Å². The number of hydrogen-bond donors (Lipinski definition) is 5. The second-order valence-corrected chi connectivity index (χ2v) is 11.9. The number of thiazole rings is 1. The van der Waals surface area contributed by atoms with Crippen LogP contribution in [0.3, 0.4) is 0 Å². The molecule has 48 heavy (non-hydrogen) atoms. The van der Waals surface area contributed by atoms with Crippen LogP contribution in [0.5, 0.6) is 5.75 Å². The van der Waals surface area contributed by atoms with Gasteiger partial charge in [0, 0.05) is 24.4 Å². The molecular weight excluding hydrogens is 628 g/mol. The molecule has 2 aromatic heterocycles. The number of aliphatic hydroxyl groups is 1. The van der Waals surface area contributed by atoms with E-state index in [0.717, 1.165) is 57.2 Å². The van der Waals surface area contributed by atoms with Gasteiger partial charge in [-0.2, -0.15) is 0 Å². The van der Waals surface area contributed by atoms with Crippen molar-refractivity contribution in [3.63, 3.8) is 0 Å². The first-order valence-corrected chi connectivity index (χ1v) is 16.3. The zero-order valence-corrected chi connectivity index (χ0v) is 26.9. The van der Waals surface area contributed by atoms with E-state index in [4.69, 9.17) is 19.9 Å². The number of aromatic amines is 1. The van der Waals surface area contributed by atoms with Crippen molar-refractivity contribution >= 4 is 35.2 Å². The van der Waals surface area contributed by atoms with Crippen LogP contribution in [0.4, 0.5) is 0 Å². The predicted molar refractivity (Wildman–Crippen MR) is 186 cm³/mol. The first-order valence-electron chi connectivity index (χ1n) is 15.5. The van der Waals surface area contributed by atoms with Crippen LogP contribution in [0.25, 0.3) is 38.5 Å². The fourth-order valence-corrected chi connectivity index (χ4v) is 5.94. The van der Waals surface area contributed by atoms with Gasteiger partial charge in [-0.3, -0.25) is 9.59 Å². The zero-order chi connectivity index (χ0) is 33.7. The maximum absolute atomic E-state index is 12.4. The quantitative estimate of drug-likeness (QED) is 0.0683. The van der Waals surface area contributed by atoms with E-state index in [1.165, 1.54) is 5.56 Å². The third-order valence-corrected chi connectivity index (χ3v) is 8.54. The van der Waals surface area contributed by atoms with E-state index in [1.807, 2.05) is 72.9 Å². The summed E-state index contributed by atoms with van der Waals surface area (Å²) in [5.41, 5.74) is 5.68. The second kappa shape index (κ2) is 16.9. The Bertz CT molecular complexity index is 1820. The molecule has 5 aromatic rings. The molecule has 5 rings (SSSR count). The summed E-state index contributed by atoms with van der Waals surface area (Å²) in [7, 11) is 0. The predicted octanol–water partition coefficient (Wildman–Crippen LogP) is 5.57. The Morgan fingerprint density at radius 2 is 1.67 bits per heavy atom. The van der Waals surface area contributed by atoms with Crippen LogP contribution in [0.1, 0.15) is 24.0 Å². The molecule has 0 aliphatic heterocycles. The molecule has 246 valence electrons. The van der Waals surface area contributed by atoms with E-state index in [1.54, 1.807) is 35.6 Å². The number of H-pyrrole nitrogens is 1. The summed E-state index contributed by atoms with van der Waals surface area (Å²) >= 11 is 1.55. The van der Waals surface area contributed by atoms with Gasteiger partial charge in [0.25, 0.3) is 5.91 Å². The van der Waals surface area contributed by atoms with Gasteiger partial charge in [0.15, 0.2) is 6.61 Å². The summed E-state index contributed by atoms with van der Waals surface area (Å²) in [4.78, 5) is 44.6. The lowest BCUT2D eigenvalue weighted by molar-refractivity contribution is -0.143. The third kappa shape index (κ3) is 9.50. The average molecular weight is 665 g/mol. The van der Waals surface area contributed by atoms with Crippen molar-refractivity contribution in [2.24, 2.45) is 0 Å². The highest BCUT2D eigenvalue weighted by Gasteiger charge is 2.19. The molecule has 0 spiro atoms. The van der Waals surface area contributed by atoms with E-state index in [2.05, 4.69) is 27.8 Å². The zero-order valence-electron chi connectivity index (χ0n) is 26.1. The average Bonchev–Trinajstić information content (AvgIpc) is 3.81. The minimum atomic E-state index is -1.39. The Hall–Kier alpha value is -5.52. The van der Waals surface area contributed by atoms with Crippen LogP contribution in [0, 0.1) is 0 Å². The van der Waals surface area contributed by atoms with Crippen LogP contribution in [-0.4, -0.2) is 63.8 Å². The van der Waals surface area contributed by atoms with Crippen molar-refractivity contribution in [1.82, 2.24) is 20.6 Å². The number of carboxylic acid groups (broad SMARTS) is 1. The van der Waals surface area contributed by atoms with Gasteiger partial charge in [0.05, 0.1) is 22.9 Å². The highest BCUT2D eigenvalue weighted by Crippen LogP contribution is 2.40. The van der Waals surface area contributed by atoms with Gasteiger partial charge < -0.3 is 30.6 Å². The number of carbonyl (C=O) groups is 3. The first-order chi connectivity index (χ1) is 23.4. The summed E-state index contributed by atoms with van der Waals surface area (Å²) in [6, 6.07) is 27.9. The Balaban J connectivity index is 1.21. The maximum Gasteiger partial charge on any atom is 0.328 e. The van der Waals surface area contributed by atoms with Crippen molar-refractivity contribution in [2.45, 2.75) is 25.3 Å². The van der Waals surface area contributed by atoms with Crippen molar-refractivity contribution in [2.75, 3.05) is 19.8 Å². The number of nitrogens with zero attached hydrogens (tertiary/aromatic N) is 1. The number of ether oxygens (including phenoxy) is 1. The molecule has 3 aromatic carbocycles. The van der Waals surface area contributed by atoms with Crippen LogP contribution in [0.2, 0.25) is 0 Å². The number of amides is 2. The molecule has 11 heteroatoms. The van der Waals surface area contributed by atoms with Crippen LogP contribution < -0.4 is 15.4 Å².